The lowest BCUT2D eigenvalue weighted by molar-refractivity contribution is -0.124. The van der Waals surface area contributed by atoms with Crippen molar-refractivity contribution in [3.05, 3.63) is 109 Å². The Labute approximate surface area is 226 Å². The van der Waals surface area contributed by atoms with Crippen LogP contribution in [0.5, 0.6) is 5.75 Å². The molecule has 0 saturated carbocycles. The highest BCUT2D eigenvalue weighted by atomic mass is 16.5. The summed E-state index contributed by atoms with van der Waals surface area (Å²) < 4.78 is 10.8. The summed E-state index contributed by atoms with van der Waals surface area (Å²) in [4.78, 5) is 35.7. The number of carbonyl (C=O) groups is 2. The number of carbonyl (C=O) groups excluding carboxylic acids is 2. The Balaban J connectivity index is 1.43. The van der Waals surface area contributed by atoms with Gasteiger partial charge in [0.25, 0.3) is 5.91 Å². The second-order valence-electron chi connectivity index (χ2n) is 8.88. The number of hydrogen-bond acceptors (Lipinski definition) is 6. The maximum atomic E-state index is 13.1. The Morgan fingerprint density at radius 3 is 2.03 bits per heavy atom. The lowest BCUT2D eigenvalue weighted by atomic mass is 10.0. The number of methoxy groups -OCH3 is 1. The van der Waals surface area contributed by atoms with E-state index in [9.17, 15) is 9.59 Å². The molecule has 1 heterocycles. The molecule has 4 aromatic carbocycles. The maximum absolute atomic E-state index is 13.1. The molecule has 0 bridgehead atoms. The summed E-state index contributed by atoms with van der Waals surface area (Å²) in [5.74, 6) is -0.418. The molecule has 0 aliphatic carbocycles. The Hall–Kier alpha value is -5.04. The standard InChI is InChI=1S/C32H27N3O4/c1-3-28(31(36)33-24-15-10-16-25(20-24)38-2)39-32(37)23-17-18-26-27(19-23)35-30(22-13-8-5-9-14-22)29(34-26)21-11-6-4-7-12-21/h4-20,28H,3H2,1-2H3,(H,33,36). The molecule has 0 aliphatic rings. The van der Waals surface area contributed by atoms with Crippen molar-refractivity contribution in [1.82, 2.24) is 9.97 Å². The van der Waals surface area contributed by atoms with Crippen molar-refractivity contribution in [2.24, 2.45) is 0 Å². The van der Waals surface area contributed by atoms with Gasteiger partial charge in [0, 0.05) is 22.9 Å². The van der Waals surface area contributed by atoms with Crippen LogP contribution in [-0.2, 0) is 9.53 Å². The van der Waals surface area contributed by atoms with Crippen LogP contribution in [0.15, 0.2) is 103 Å². The fraction of sp³-hybridized carbons (Fsp3) is 0.125. The Bertz CT molecular complexity index is 1620. The van der Waals surface area contributed by atoms with Crippen LogP contribution in [-0.4, -0.2) is 35.1 Å². The molecule has 0 saturated heterocycles. The molecule has 7 heteroatoms. The third-order valence-corrected chi connectivity index (χ3v) is 6.24. The van der Waals surface area contributed by atoms with E-state index in [1.807, 2.05) is 60.7 Å². The molecule has 0 fully saturated rings. The monoisotopic (exact) mass is 517 g/mol. The predicted octanol–water partition coefficient (Wildman–Crippen LogP) is 6.55. The quantitative estimate of drug-likeness (QED) is 0.235. The number of benzene rings is 4. The van der Waals surface area contributed by atoms with Gasteiger partial charge in [-0.25, -0.2) is 14.8 Å². The van der Waals surface area contributed by atoms with Crippen LogP contribution in [0.25, 0.3) is 33.5 Å². The minimum absolute atomic E-state index is 0.288. The van der Waals surface area contributed by atoms with Crippen LogP contribution in [0.1, 0.15) is 23.7 Å². The smallest absolute Gasteiger partial charge is 0.338 e. The van der Waals surface area contributed by atoms with Gasteiger partial charge in [0.05, 0.1) is 35.1 Å². The number of amides is 1. The van der Waals surface area contributed by atoms with Gasteiger partial charge in [-0.05, 0) is 36.8 Å². The first-order valence-corrected chi connectivity index (χ1v) is 12.6. The molecule has 0 aliphatic heterocycles. The van der Waals surface area contributed by atoms with E-state index in [4.69, 9.17) is 19.4 Å². The first kappa shape index (κ1) is 25.6. The zero-order valence-electron chi connectivity index (χ0n) is 21.6. The minimum atomic E-state index is -0.967. The second kappa shape index (κ2) is 11.6. The highest BCUT2D eigenvalue weighted by Gasteiger charge is 2.23. The van der Waals surface area contributed by atoms with E-state index >= 15 is 0 Å². The average molecular weight is 518 g/mol. The van der Waals surface area contributed by atoms with Gasteiger partial charge in [-0.1, -0.05) is 73.7 Å². The molecule has 1 atom stereocenters. The van der Waals surface area contributed by atoms with Gasteiger partial charge in [0.15, 0.2) is 6.10 Å². The van der Waals surface area contributed by atoms with Crippen molar-refractivity contribution >= 4 is 28.6 Å². The molecular formula is C32H27N3O4. The Morgan fingerprint density at radius 2 is 1.41 bits per heavy atom. The van der Waals surface area contributed by atoms with Crippen LogP contribution in [0.2, 0.25) is 0 Å². The lowest BCUT2D eigenvalue weighted by Crippen LogP contribution is -2.32. The van der Waals surface area contributed by atoms with Gasteiger partial charge < -0.3 is 14.8 Å². The number of nitrogens with zero attached hydrogens (tertiary/aromatic N) is 2. The number of anilines is 1. The Kier molecular flexibility index (Phi) is 7.59. The third-order valence-electron chi connectivity index (χ3n) is 6.24. The summed E-state index contributed by atoms with van der Waals surface area (Å²) >= 11 is 0. The number of fused-ring (bicyclic) bond motifs is 1. The lowest BCUT2D eigenvalue weighted by Gasteiger charge is -2.17. The highest BCUT2D eigenvalue weighted by Crippen LogP contribution is 2.31. The predicted molar refractivity (Wildman–Crippen MR) is 152 cm³/mol. The minimum Gasteiger partial charge on any atom is -0.497 e. The van der Waals surface area contributed by atoms with Crippen molar-refractivity contribution in [2.45, 2.75) is 19.4 Å². The molecule has 1 N–H and O–H groups in total. The van der Waals surface area contributed by atoms with Crippen LogP contribution in [0.4, 0.5) is 5.69 Å². The van der Waals surface area contributed by atoms with Crippen LogP contribution < -0.4 is 10.1 Å². The normalized spacial score (nSPS) is 11.5. The van der Waals surface area contributed by atoms with Crippen molar-refractivity contribution in [1.29, 1.82) is 0 Å². The van der Waals surface area contributed by atoms with E-state index in [0.29, 0.717) is 34.6 Å². The van der Waals surface area contributed by atoms with Crippen LogP contribution in [0, 0.1) is 0 Å². The van der Waals surface area contributed by atoms with E-state index in [0.717, 1.165) is 16.8 Å². The number of aromatic nitrogens is 2. The van der Waals surface area contributed by atoms with Gasteiger partial charge in [-0.2, -0.15) is 0 Å². The highest BCUT2D eigenvalue weighted by molar-refractivity contribution is 5.99. The molecule has 1 unspecified atom stereocenters. The van der Waals surface area contributed by atoms with Gasteiger partial charge in [-0.15, -0.1) is 0 Å². The first-order chi connectivity index (χ1) is 19.1. The summed E-state index contributed by atoms with van der Waals surface area (Å²) in [6, 6.07) is 31.7. The van der Waals surface area contributed by atoms with Gasteiger partial charge in [-0.3, -0.25) is 4.79 Å². The number of ether oxygens (including phenoxy) is 2. The van der Waals surface area contributed by atoms with E-state index in [1.165, 1.54) is 0 Å². The molecule has 194 valence electrons. The van der Waals surface area contributed by atoms with Gasteiger partial charge >= 0.3 is 5.97 Å². The van der Waals surface area contributed by atoms with Crippen molar-refractivity contribution in [3.8, 4) is 28.3 Å². The summed E-state index contributed by atoms with van der Waals surface area (Å²) in [5.41, 5.74) is 5.37. The fourth-order valence-corrected chi connectivity index (χ4v) is 4.22. The van der Waals surface area contributed by atoms with E-state index in [2.05, 4.69) is 5.32 Å². The zero-order valence-corrected chi connectivity index (χ0v) is 21.6. The average Bonchev–Trinajstić information content (AvgIpc) is 2.99. The summed E-state index contributed by atoms with van der Waals surface area (Å²) in [6.07, 6.45) is -0.654. The number of nitrogens with one attached hydrogen (secondary N) is 1. The molecule has 0 spiro atoms. The number of hydrogen-bond donors (Lipinski definition) is 1. The first-order valence-electron chi connectivity index (χ1n) is 12.6. The summed E-state index contributed by atoms with van der Waals surface area (Å²) in [7, 11) is 1.55. The molecular weight excluding hydrogens is 490 g/mol. The topological polar surface area (TPSA) is 90.4 Å². The van der Waals surface area contributed by atoms with Crippen molar-refractivity contribution in [3.63, 3.8) is 0 Å². The molecule has 5 rings (SSSR count). The van der Waals surface area contributed by atoms with E-state index in [1.54, 1.807) is 56.5 Å². The van der Waals surface area contributed by atoms with Gasteiger partial charge in [0.1, 0.15) is 5.75 Å². The molecule has 1 aromatic heterocycles. The molecule has 5 aromatic rings. The molecule has 7 nitrogen and oxygen atoms in total. The largest absolute Gasteiger partial charge is 0.497 e. The third kappa shape index (κ3) is 5.78. The number of esters is 1. The second-order valence-corrected chi connectivity index (χ2v) is 8.88. The van der Waals surface area contributed by atoms with Crippen LogP contribution in [0.3, 0.4) is 0 Å². The van der Waals surface area contributed by atoms with Crippen molar-refractivity contribution < 1.29 is 19.1 Å². The van der Waals surface area contributed by atoms with Gasteiger partial charge in [0.2, 0.25) is 0 Å². The zero-order chi connectivity index (χ0) is 27.2. The Morgan fingerprint density at radius 1 is 0.769 bits per heavy atom. The SMILES string of the molecule is CCC(OC(=O)c1ccc2nc(-c3ccccc3)c(-c3ccccc3)nc2c1)C(=O)Nc1cccc(OC)c1. The fourth-order valence-electron chi connectivity index (χ4n) is 4.22. The number of rotatable bonds is 8. The summed E-state index contributed by atoms with van der Waals surface area (Å²) in [6.45, 7) is 1.78. The van der Waals surface area contributed by atoms with E-state index < -0.39 is 18.0 Å². The van der Waals surface area contributed by atoms with E-state index in [-0.39, 0.29) is 5.56 Å². The molecule has 1 amide bonds. The molecule has 39 heavy (non-hydrogen) atoms. The van der Waals surface area contributed by atoms with Crippen molar-refractivity contribution in [2.75, 3.05) is 12.4 Å². The maximum Gasteiger partial charge on any atom is 0.338 e. The molecule has 0 radical (unpaired) electrons. The van der Waals surface area contributed by atoms with Crippen LogP contribution >= 0.6 is 0 Å². The summed E-state index contributed by atoms with van der Waals surface area (Å²) in [5, 5.41) is 2.78.